The quantitative estimate of drug-likeness (QED) is 0.307. The monoisotopic (exact) mass is 512 g/mol. The van der Waals surface area contributed by atoms with Gasteiger partial charge in [-0.15, -0.1) is 0 Å². The van der Waals surface area contributed by atoms with Crippen LogP contribution in [0.3, 0.4) is 0 Å². The van der Waals surface area contributed by atoms with Gasteiger partial charge in [0.25, 0.3) is 5.92 Å². The van der Waals surface area contributed by atoms with Crippen LogP contribution < -0.4 is 9.47 Å². The molecule has 6 heteroatoms. The Morgan fingerprint density at radius 1 is 0.722 bits per heavy atom. The molecule has 1 aromatic carbocycles. The van der Waals surface area contributed by atoms with E-state index in [1.165, 1.54) is 63.5 Å². The van der Waals surface area contributed by atoms with E-state index in [1.807, 2.05) is 0 Å². The lowest BCUT2D eigenvalue weighted by molar-refractivity contribution is -0.123. The molecule has 0 heterocycles. The third-order valence-electron chi connectivity index (χ3n) is 9.51. The van der Waals surface area contributed by atoms with Gasteiger partial charge in [-0.3, -0.25) is 0 Å². The van der Waals surface area contributed by atoms with Gasteiger partial charge in [0.05, 0.1) is 19.1 Å². The van der Waals surface area contributed by atoms with E-state index < -0.39 is 23.5 Å². The molecule has 0 amide bonds. The van der Waals surface area contributed by atoms with E-state index in [1.54, 1.807) is 6.92 Å². The Bertz CT molecular complexity index is 828. The van der Waals surface area contributed by atoms with Gasteiger partial charge in [-0.1, -0.05) is 32.6 Å². The van der Waals surface area contributed by atoms with Crippen molar-refractivity contribution in [2.45, 2.75) is 103 Å². The van der Waals surface area contributed by atoms with Crippen LogP contribution in [0.2, 0.25) is 0 Å². The van der Waals surface area contributed by atoms with E-state index in [-0.39, 0.29) is 37.1 Å². The molecular formula is C30H44F4O2. The highest BCUT2D eigenvalue weighted by molar-refractivity contribution is 5.35. The second-order valence-electron chi connectivity index (χ2n) is 11.7. The van der Waals surface area contributed by atoms with Crippen LogP contribution in [0, 0.1) is 47.1 Å². The summed E-state index contributed by atoms with van der Waals surface area (Å²) in [7, 11) is 0. The highest BCUT2D eigenvalue weighted by Gasteiger charge is 2.47. The fourth-order valence-corrected chi connectivity index (χ4v) is 7.38. The highest BCUT2D eigenvalue weighted by Crippen LogP contribution is 2.49. The molecule has 3 saturated carbocycles. The minimum atomic E-state index is -2.85. The molecule has 3 fully saturated rings. The van der Waals surface area contributed by atoms with E-state index >= 15 is 8.78 Å². The van der Waals surface area contributed by atoms with Crippen molar-refractivity contribution in [3.8, 4) is 11.5 Å². The van der Waals surface area contributed by atoms with Crippen LogP contribution in [0.5, 0.6) is 11.5 Å². The van der Waals surface area contributed by atoms with E-state index in [4.69, 9.17) is 9.47 Å². The van der Waals surface area contributed by atoms with Gasteiger partial charge >= 0.3 is 0 Å². The summed E-state index contributed by atoms with van der Waals surface area (Å²) in [5.74, 6) is -3.69. The maximum atomic E-state index is 15.1. The molecule has 2 nitrogen and oxygen atoms in total. The van der Waals surface area contributed by atoms with Crippen molar-refractivity contribution in [1.82, 2.24) is 0 Å². The average Bonchev–Trinajstić information content (AvgIpc) is 2.87. The molecule has 0 spiro atoms. The number of halogens is 4. The summed E-state index contributed by atoms with van der Waals surface area (Å²) in [6.45, 7) is 3.84. The molecule has 0 saturated heterocycles. The lowest BCUT2D eigenvalue weighted by Gasteiger charge is -2.43. The molecule has 2 unspecified atom stereocenters. The maximum Gasteiger partial charge on any atom is 0.254 e. The predicted molar refractivity (Wildman–Crippen MR) is 135 cm³/mol. The summed E-state index contributed by atoms with van der Waals surface area (Å²) in [6.07, 6.45) is 13.7. The van der Waals surface area contributed by atoms with Crippen molar-refractivity contribution in [3.05, 3.63) is 23.8 Å². The number of benzene rings is 1. The van der Waals surface area contributed by atoms with Crippen molar-refractivity contribution in [1.29, 1.82) is 0 Å². The van der Waals surface area contributed by atoms with Crippen LogP contribution in [0.4, 0.5) is 17.6 Å². The Morgan fingerprint density at radius 3 is 1.75 bits per heavy atom. The first-order chi connectivity index (χ1) is 17.3. The van der Waals surface area contributed by atoms with Gasteiger partial charge in [0.15, 0.2) is 11.5 Å². The van der Waals surface area contributed by atoms with Crippen molar-refractivity contribution in [3.63, 3.8) is 0 Å². The van der Waals surface area contributed by atoms with Crippen LogP contribution in [-0.4, -0.2) is 19.1 Å². The summed E-state index contributed by atoms with van der Waals surface area (Å²) < 4.78 is 69.0. The molecule has 204 valence electrons. The van der Waals surface area contributed by atoms with E-state index in [0.29, 0.717) is 12.3 Å². The Hall–Kier alpha value is -1.46. The number of rotatable bonds is 9. The zero-order valence-corrected chi connectivity index (χ0v) is 22.1. The predicted octanol–water partition coefficient (Wildman–Crippen LogP) is 9.21. The number of alkyl halides is 2. The van der Waals surface area contributed by atoms with Gasteiger partial charge < -0.3 is 9.47 Å². The minimum absolute atomic E-state index is 0.0529. The van der Waals surface area contributed by atoms with Crippen LogP contribution in [-0.2, 0) is 0 Å². The van der Waals surface area contributed by atoms with Crippen LogP contribution in [0.1, 0.15) is 97.3 Å². The molecule has 3 aliphatic carbocycles. The molecule has 36 heavy (non-hydrogen) atoms. The summed E-state index contributed by atoms with van der Waals surface area (Å²) in [5, 5.41) is 0. The minimum Gasteiger partial charge on any atom is -0.491 e. The molecule has 3 aliphatic rings. The van der Waals surface area contributed by atoms with Gasteiger partial charge in [0.2, 0.25) is 11.6 Å². The molecule has 2 atom stereocenters. The molecule has 0 N–H and O–H groups in total. The first-order valence-corrected chi connectivity index (χ1v) is 14.4. The smallest absolute Gasteiger partial charge is 0.254 e. The molecule has 1 aromatic rings. The van der Waals surface area contributed by atoms with Crippen molar-refractivity contribution < 1.29 is 27.0 Å². The average molecular weight is 513 g/mol. The summed E-state index contributed by atoms with van der Waals surface area (Å²) in [5.41, 5.74) is 0. The number of hydrogen-bond donors (Lipinski definition) is 0. The molecule has 0 bridgehead atoms. The van der Waals surface area contributed by atoms with E-state index in [2.05, 4.69) is 6.92 Å². The first kappa shape index (κ1) is 27.6. The Balaban J connectivity index is 1.24. The highest BCUT2D eigenvalue weighted by atomic mass is 19.3. The van der Waals surface area contributed by atoms with Crippen molar-refractivity contribution in [2.75, 3.05) is 13.2 Å². The second kappa shape index (κ2) is 12.4. The maximum absolute atomic E-state index is 15.1. The normalized spacial score (nSPS) is 32.7. The van der Waals surface area contributed by atoms with E-state index in [0.717, 1.165) is 37.0 Å². The zero-order chi connectivity index (χ0) is 25.7. The van der Waals surface area contributed by atoms with Gasteiger partial charge in [-0.05, 0) is 100 Å². The standard InChI is InChI=1S/C30H44F4O2/c1-3-5-20-6-8-21(9-7-20)22-10-12-23(13-11-22)24-14-15-25(30(33,34)18-24)19-36-27-17-16-26(35-4-2)28(31)29(27)32/h16-17,20-25H,3-15,18-19H2,1-2H3. The van der Waals surface area contributed by atoms with Crippen LogP contribution in [0.25, 0.3) is 0 Å². The van der Waals surface area contributed by atoms with Gasteiger partial charge in [-0.2, -0.15) is 8.78 Å². The zero-order valence-electron chi connectivity index (χ0n) is 22.1. The van der Waals surface area contributed by atoms with Crippen molar-refractivity contribution >= 4 is 0 Å². The third-order valence-corrected chi connectivity index (χ3v) is 9.51. The largest absolute Gasteiger partial charge is 0.491 e. The summed E-state index contributed by atoms with van der Waals surface area (Å²) in [4.78, 5) is 0. The van der Waals surface area contributed by atoms with E-state index in [9.17, 15) is 8.78 Å². The van der Waals surface area contributed by atoms with Crippen molar-refractivity contribution in [2.24, 2.45) is 35.5 Å². The molecule has 0 aliphatic heterocycles. The number of hydrogen-bond acceptors (Lipinski definition) is 2. The fraction of sp³-hybridized carbons (Fsp3) is 0.800. The molecule has 4 rings (SSSR count). The second-order valence-corrected chi connectivity index (χ2v) is 11.7. The lowest BCUT2D eigenvalue weighted by Crippen LogP contribution is -2.41. The first-order valence-electron chi connectivity index (χ1n) is 14.4. The van der Waals surface area contributed by atoms with Crippen LogP contribution in [0.15, 0.2) is 12.1 Å². The van der Waals surface area contributed by atoms with Gasteiger partial charge in [0, 0.05) is 6.42 Å². The molecular weight excluding hydrogens is 468 g/mol. The fourth-order valence-electron chi connectivity index (χ4n) is 7.38. The number of ether oxygens (including phenoxy) is 2. The SMILES string of the molecule is CCCC1CCC(C2CCC(C3CCC(COc4ccc(OCC)c(F)c4F)C(F)(F)C3)CC2)CC1. The Kier molecular flexibility index (Phi) is 9.49. The third kappa shape index (κ3) is 6.51. The summed E-state index contributed by atoms with van der Waals surface area (Å²) >= 11 is 0. The van der Waals surface area contributed by atoms with Gasteiger partial charge in [0.1, 0.15) is 0 Å². The molecule has 0 aromatic heterocycles. The molecule has 0 radical (unpaired) electrons. The summed E-state index contributed by atoms with van der Waals surface area (Å²) in [6, 6.07) is 2.53. The van der Waals surface area contributed by atoms with Gasteiger partial charge in [-0.25, -0.2) is 8.78 Å². The topological polar surface area (TPSA) is 18.5 Å². The Labute approximate surface area is 214 Å². The van der Waals surface area contributed by atoms with Crippen LogP contribution >= 0.6 is 0 Å². The Morgan fingerprint density at radius 2 is 1.22 bits per heavy atom. The lowest BCUT2D eigenvalue weighted by atomic mass is 9.64.